The van der Waals surface area contributed by atoms with Gasteiger partial charge in [0, 0.05) is 16.0 Å². The van der Waals surface area contributed by atoms with Gasteiger partial charge in [0.1, 0.15) is 0 Å². The topological polar surface area (TPSA) is 41.5 Å². The maximum Gasteiger partial charge on any atom is 0.243 e. The summed E-state index contributed by atoms with van der Waals surface area (Å²) in [4.78, 5) is 12.5. The second kappa shape index (κ2) is 9.14. The predicted octanol–water partition coefficient (Wildman–Crippen LogP) is 5.23. The first kappa shape index (κ1) is 18.1. The van der Waals surface area contributed by atoms with E-state index in [1.54, 1.807) is 6.21 Å². The molecule has 1 unspecified atom stereocenters. The fourth-order valence-corrected chi connectivity index (χ4v) is 4.07. The summed E-state index contributed by atoms with van der Waals surface area (Å²) in [5.41, 5.74) is 3.71. The highest BCUT2D eigenvalue weighted by molar-refractivity contribution is 9.10. The number of nitrogens with one attached hydrogen (secondary N) is 1. The first-order valence-corrected chi connectivity index (χ1v) is 9.94. The van der Waals surface area contributed by atoms with E-state index in [1.165, 1.54) is 0 Å². The lowest BCUT2D eigenvalue weighted by Gasteiger charge is -2.00. The summed E-state index contributed by atoms with van der Waals surface area (Å²) in [6, 6.07) is 7.83. The Morgan fingerprint density at radius 1 is 1.00 bits per heavy atom. The number of rotatable bonds is 3. The van der Waals surface area contributed by atoms with Crippen molar-refractivity contribution in [3.63, 3.8) is 0 Å². The number of benzene rings is 1. The highest BCUT2D eigenvalue weighted by atomic mass is 79.9. The van der Waals surface area contributed by atoms with Crippen LogP contribution in [-0.4, -0.2) is 12.1 Å². The van der Waals surface area contributed by atoms with Crippen molar-refractivity contribution < 1.29 is 4.79 Å². The smallest absolute Gasteiger partial charge is 0.243 e. The molecule has 1 saturated carbocycles. The first-order valence-electron chi connectivity index (χ1n) is 9.15. The summed E-state index contributed by atoms with van der Waals surface area (Å²) in [6.07, 6.45) is 17.4. The van der Waals surface area contributed by atoms with Gasteiger partial charge in [-0.2, -0.15) is 5.10 Å². The highest BCUT2D eigenvalue weighted by Crippen LogP contribution is 2.52. The minimum absolute atomic E-state index is 0.0705. The molecule has 1 aromatic carbocycles. The lowest BCUT2D eigenvalue weighted by atomic mass is 10.1. The van der Waals surface area contributed by atoms with Gasteiger partial charge in [0.15, 0.2) is 0 Å². The van der Waals surface area contributed by atoms with E-state index in [1.807, 2.05) is 24.3 Å². The van der Waals surface area contributed by atoms with Crippen LogP contribution in [0.4, 0.5) is 0 Å². The summed E-state index contributed by atoms with van der Waals surface area (Å²) in [5, 5.41) is 4.15. The van der Waals surface area contributed by atoms with Crippen LogP contribution in [0.2, 0.25) is 0 Å². The highest BCUT2D eigenvalue weighted by Gasteiger charge is 2.52. The van der Waals surface area contributed by atoms with Crippen molar-refractivity contribution in [3.8, 4) is 0 Å². The Labute approximate surface area is 158 Å². The van der Waals surface area contributed by atoms with Gasteiger partial charge in [-0.3, -0.25) is 4.79 Å². The quantitative estimate of drug-likeness (QED) is 0.421. The molecule has 3 atom stereocenters. The summed E-state index contributed by atoms with van der Waals surface area (Å²) in [7, 11) is 0. The van der Waals surface area contributed by atoms with Gasteiger partial charge in [0.05, 0.1) is 6.21 Å². The third-order valence-electron chi connectivity index (χ3n) is 5.08. The molecule has 2 aliphatic carbocycles. The molecule has 0 heterocycles. The van der Waals surface area contributed by atoms with E-state index < -0.39 is 0 Å². The summed E-state index contributed by atoms with van der Waals surface area (Å²) in [5.74, 6) is 1.22. The maximum atomic E-state index is 12.5. The number of allylic oxidation sites excluding steroid dienone is 4. The van der Waals surface area contributed by atoms with Crippen molar-refractivity contribution >= 4 is 28.1 Å². The normalized spacial score (nSPS) is 26.5. The molecule has 1 amide bonds. The van der Waals surface area contributed by atoms with Crippen molar-refractivity contribution in [2.45, 2.75) is 38.5 Å². The molecule has 0 bridgehead atoms. The molecular formula is C21H25BrN2O. The molecule has 132 valence electrons. The lowest BCUT2D eigenvalue weighted by Crippen LogP contribution is -2.21. The molecule has 0 saturated heterocycles. The molecule has 4 heteroatoms. The zero-order chi connectivity index (χ0) is 17.5. The van der Waals surface area contributed by atoms with Gasteiger partial charge in [-0.05, 0) is 56.4 Å². The Hall–Kier alpha value is -1.68. The minimum Gasteiger partial charge on any atom is -0.273 e. The number of hydrogen-bond donors (Lipinski definition) is 1. The van der Waals surface area contributed by atoms with Gasteiger partial charge in [0.25, 0.3) is 0 Å². The van der Waals surface area contributed by atoms with Gasteiger partial charge in [0.2, 0.25) is 5.91 Å². The zero-order valence-corrected chi connectivity index (χ0v) is 16.0. The number of fused-ring (bicyclic) bond motifs is 1. The van der Waals surface area contributed by atoms with Crippen LogP contribution in [0, 0.1) is 17.8 Å². The van der Waals surface area contributed by atoms with Crippen molar-refractivity contribution in [3.05, 3.63) is 58.6 Å². The number of nitrogens with zero attached hydrogens (tertiary/aromatic N) is 1. The van der Waals surface area contributed by atoms with E-state index in [0.717, 1.165) is 48.6 Å². The molecule has 3 rings (SSSR count). The lowest BCUT2D eigenvalue weighted by molar-refractivity contribution is -0.122. The SMILES string of the molecule is O=C(N/N=C\c1ccccc1Br)C1[C@H]2CCC=CCCC=CCC[C@@H]12. The Kier molecular flexibility index (Phi) is 6.62. The summed E-state index contributed by atoms with van der Waals surface area (Å²) < 4.78 is 0.972. The standard InChI is InChI=1S/C21H25BrN2O/c22-19-14-10-9-11-16(19)15-23-24-21(25)20-17-12-7-5-3-1-2-4-6-8-13-18(17)20/h3-6,9-11,14-15,17-18,20H,1-2,7-8,12-13H2,(H,24,25)/b5-3?,6-4?,23-15-/t17-,18+,20?. The van der Waals surface area contributed by atoms with Crippen LogP contribution in [0.3, 0.4) is 0 Å². The number of hydrogen-bond acceptors (Lipinski definition) is 2. The molecule has 0 aromatic heterocycles. The number of carbonyl (C=O) groups excluding carboxylic acids is 1. The van der Waals surface area contributed by atoms with Crippen LogP contribution >= 0.6 is 15.9 Å². The molecule has 1 fully saturated rings. The van der Waals surface area contributed by atoms with E-state index in [0.29, 0.717) is 11.8 Å². The molecule has 2 aliphatic rings. The van der Waals surface area contributed by atoms with Crippen LogP contribution < -0.4 is 5.43 Å². The van der Waals surface area contributed by atoms with Crippen LogP contribution in [-0.2, 0) is 4.79 Å². The molecule has 0 spiro atoms. The van der Waals surface area contributed by atoms with Gasteiger partial charge < -0.3 is 0 Å². The van der Waals surface area contributed by atoms with E-state index in [4.69, 9.17) is 0 Å². The molecule has 0 aliphatic heterocycles. The minimum atomic E-state index is 0.0705. The number of amides is 1. The van der Waals surface area contributed by atoms with Gasteiger partial charge >= 0.3 is 0 Å². The Morgan fingerprint density at radius 2 is 1.60 bits per heavy atom. The van der Waals surface area contributed by atoms with Gasteiger partial charge in [-0.25, -0.2) is 5.43 Å². The molecule has 0 radical (unpaired) electrons. The zero-order valence-electron chi connectivity index (χ0n) is 14.4. The largest absolute Gasteiger partial charge is 0.273 e. The van der Waals surface area contributed by atoms with E-state index in [2.05, 4.69) is 50.8 Å². The predicted molar refractivity (Wildman–Crippen MR) is 106 cm³/mol. The Bertz CT molecular complexity index is 656. The molecular weight excluding hydrogens is 376 g/mol. The average molecular weight is 401 g/mol. The van der Waals surface area contributed by atoms with E-state index in [-0.39, 0.29) is 11.8 Å². The third-order valence-corrected chi connectivity index (χ3v) is 5.81. The van der Waals surface area contributed by atoms with Crippen LogP contribution in [0.25, 0.3) is 0 Å². The fraction of sp³-hybridized carbons (Fsp3) is 0.429. The maximum absolute atomic E-state index is 12.5. The van der Waals surface area contributed by atoms with Crippen LogP contribution in [0.1, 0.15) is 44.1 Å². The van der Waals surface area contributed by atoms with Crippen LogP contribution in [0.15, 0.2) is 58.1 Å². The molecule has 1 aromatic rings. The van der Waals surface area contributed by atoms with Crippen molar-refractivity contribution in [1.82, 2.24) is 5.43 Å². The first-order chi connectivity index (χ1) is 12.3. The number of hydrazone groups is 1. The van der Waals surface area contributed by atoms with Crippen molar-refractivity contribution in [1.29, 1.82) is 0 Å². The second-order valence-electron chi connectivity index (χ2n) is 6.78. The van der Waals surface area contributed by atoms with E-state index in [9.17, 15) is 4.79 Å². The molecule has 1 N–H and O–H groups in total. The third kappa shape index (κ3) is 5.15. The van der Waals surface area contributed by atoms with Crippen molar-refractivity contribution in [2.75, 3.05) is 0 Å². The number of carbonyl (C=O) groups is 1. The van der Waals surface area contributed by atoms with Gasteiger partial charge in [-0.15, -0.1) is 0 Å². The van der Waals surface area contributed by atoms with E-state index >= 15 is 0 Å². The fourth-order valence-electron chi connectivity index (χ4n) is 3.68. The van der Waals surface area contributed by atoms with Gasteiger partial charge in [-0.1, -0.05) is 58.4 Å². The molecule has 25 heavy (non-hydrogen) atoms. The Morgan fingerprint density at radius 3 is 2.24 bits per heavy atom. The second-order valence-corrected chi connectivity index (χ2v) is 7.64. The van der Waals surface area contributed by atoms with Crippen molar-refractivity contribution in [2.24, 2.45) is 22.9 Å². The number of halogens is 1. The monoisotopic (exact) mass is 400 g/mol. The summed E-state index contributed by atoms with van der Waals surface area (Å²) >= 11 is 3.48. The van der Waals surface area contributed by atoms with Crippen LogP contribution in [0.5, 0.6) is 0 Å². The average Bonchev–Trinajstić information content (AvgIpc) is 3.29. The summed E-state index contributed by atoms with van der Waals surface area (Å²) in [6.45, 7) is 0. The Balaban J connectivity index is 1.55. The molecule has 3 nitrogen and oxygen atoms in total.